The number of hydrogen-bond donors (Lipinski definition) is 0. The normalized spacial score (nSPS) is 11.1. The summed E-state index contributed by atoms with van der Waals surface area (Å²) in [6.07, 6.45) is 1.37. The second-order valence-electron chi connectivity index (χ2n) is 7.97. The van der Waals surface area contributed by atoms with Crippen molar-refractivity contribution in [3.63, 3.8) is 0 Å². The molecule has 0 amide bonds. The van der Waals surface area contributed by atoms with Crippen LogP contribution in [0.3, 0.4) is 0 Å². The first-order valence-corrected chi connectivity index (χ1v) is 11.4. The van der Waals surface area contributed by atoms with E-state index < -0.39 is 5.97 Å². The topological polar surface area (TPSA) is 71.8 Å². The number of nitrogens with zero attached hydrogens (tertiary/aromatic N) is 2. The molecule has 3 aromatic carbocycles. The average Bonchev–Trinajstić information content (AvgIpc) is 3.30. The molecule has 4 aromatic rings. The van der Waals surface area contributed by atoms with Gasteiger partial charge in [0.15, 0.2) is 0 Å². The predicted molar refractivity (Wildman–Crippen MR) is 137 cm³/mol. The van der Waals surface area contributed by atoms with Crippen LogP contribution in [0.15, 0.2) is 91.2 Å². The molecule has 0 atom stereocenters. The molecule has 0 N–H and O–H groups in total. The molecule has 0 radical (unpaired) electrons. The Kier molecular flexibility index (Phi) is 8.03. The van der Waals surface area contributed by atoms with Crippen LogP contribution in [0.25, 0.3) is 16.8 Å². The van der Waals surface area contributed by atoms with Gasteiger partial charge in [-0.15, -0.1) is 0 Å². The Bertz CT molecular complexity index is 1340. The monoisotopic (exact) mass is 484 g/mol. The second kappa shape index (κ2) is 11.8. The Morgan fingerprint density at radius 2 is 1.61 bits per heavy atom. The van der Waals surface area contributed by atoms with Gasteiger partial charge >= 0.3 is 5.97 Å². The van der Waals surface area contributed by atoms with Crippen molar-refractivity contribution in [3.8, 4) is 22.9 Å². The first-order chi connectivity index (χ1) is 17.6. The number of carbonyl (C=O) groups excluding carboxylic acids is 1. The summed E-state index contributed by atoms with van der Waals surface area (Å²) < 4.78 is 23.9. The van der Waals surface area contributed by atoms with E-state index in [-0.39, 0.29) is 6.61 Å². The van der Waals surface area contributed by atoms with Crippen molar-refractivity contribution < 1.29 is 23.7 Å². The molecule has 0 aliphatic carbocycles. The third-order valence-electron chi connectivity index (χ3n) is 5.56. The van der Waals surface area contributed by atoms with Gasteiger partial charge in [0, 0.05) is 18.7 Å². The number of aryl methyl sites for hydroxylation is 1. The van der Waals surface area contributed by atoms with E-state index in [2.05, 4.69) is 5.10 Å². The van der Waals surface area contributed by atoms with E-state index in [4.69, 9.17) is 18.9 Å². The lowest BCUT2D eigenvalue weighted by atomic mass is 10.0. The summed E-state index contributed by atoms with van der Waals surface area (Å²) >= 11 is 0. The van der Waals surface area contributed by atoms with Crippen molar-refractivity contribution in [2.45, 2.75) is 13.2 Å². The molecule has 7 heteroatoms. The van der Waals surface area contributed by atoms with Crippen molar-refractivity contribution in [2.24, 2.45) is 7.05 Å². The molecule has 184 valence electrons. The maximum Gasteiger partial charge on any atom is 0.341 e. The highest BCUT2D eigenvalue weighted by atomic mass is 16.5. The van der Waals surface area contributed by atoms with Gasteiger partial charge in [0.2, 0.25) is 5.88 Å². The highest BCUT2D eigenvalue weighted by Gasteiger charge is 2.18. The number of esters is 1. The van der Waals surface area contributed by atoms with Crippen molar-refractivity contribution in [1.29, 1.82) is 0 Å². The minimum Gasteiger partial charge on any atom is -0.503 e. The smallest absolute Gasteiger partial charge is 0.341 e. The first kappa shape index (κ1) is 24.6. The maximum absolute atomic E-state index is 12.3. The fraction of sp³-hybridized carbons (Fsp3) is 0.172. The summed E-state index contributed by atoms with van der Waals surface area (Å²) in [6, 6.07) is 27.1. The standard InChI is InChI=1S/C29H28N2O5/c1-31-28(36-19-22-13-7-8-14-23(22)25(20-33-2)29(32)34-3)17-26(30-31)24-15-9-10-16-27(24)35-18-21-11-5-4-6-12-21/h4-17,20H,18-19H2,1-3H3/b25-20+. The quantitative estimate of drug-likeness (QED) is 0.170. The molecule has 0 bridgehead atoms. The molecule has 7 nitrogen and oxygen atoms in total. The molecule has 0 saturated heterocycles. The van der Waals surface area contributed by atoms with Gasteiger partial charge in [-0.3, -0.25) is 0 Å². The lowest BCUT2D eigenvalue weighted by molar-refractivity contribution is -0.133. The fourth-order valence-corrected chi connectivity index (χ4v) is 3.77. The summed E-state index contributed by atoms with van der Waals surface area (Å²) in [4.78, 5) is 12.3. The van der Waals surface area contributed by atoms with Crippen molar-refractivity contribution in [1.82, 2.24) is 9.78 Å². The Morgan fingerprint density at radius 3 is 2.39 bits per heavy atom. The van der Waals surface area contributed by atoms with Gasteiger partial charge in [0.1, 0.15) is 24.5 Å². The molecular formula is C29H28N2O5. The minimum atomic E-state index is -0.487. The number of aromatic nitrogens is 2. The zero-order valence-electron chi connectivity index (χ0n) is 20.5. The summed E-state index contributed by atoms with van der Waals surface area (Å²) in [6.45, 7) is 0.682. The second-order valence-corrected chi connectivity index (χ2v) is 7.97. The molecule has 0 fully saturated rings. The van der Waals surface area contributed by atoms with E-state index in [1.807, 2.05) is 92.0 Å². The highest BCUT2D eigenvalue weighted by Crippen LogP contribution is 2.32. The van der Waals surface area contributed by atoms with Gasteiger partial charge in [0.05, 0.1) is 26.2 Å². The maximum atomic E-state index is 12.3. The fourth-order valence-electron chi connectivity index (χ4n) is 3.77. The lowest BCUT2D eigenvalue weighted by Gasteiger charge is -2.12. The van der Waals surface area contributed by atoms with Crippen LogP contribution in [0.2, 0.25) is 0 Å². The number of carbonyl (C=O) groups is 1. The van der Waals surface area contributed by atoms with E-state index in [1.54, 1.807) is 4.68 Å². The van der Waals surface area contributed by atoms with Crippen LogP contribution < -0.4 is 9.47 Å². The Morgan fingerprint density at radius 1 is 0.889 bits per heavy atom. The van der Waals surface area contributed by atoms with E-state index in [0.717, 1.165) is 28.1 Å². The van der Waals surface area contributed by atoms with Crippen molar-refractivity contribution in [2.75, 3.05) is 14.2 Å². The number of para-hydroxylation sites is 1. The van der Waals surface area contributed by atoms with Gasteiger partial charge in [-0.05, 0) is 28.8 Å². The average molecular weight is 485 g/mol. The lowest BCUT2D eigenvalue weighted by Crippen LogP contribution is -2.09. The summed E-state index contributed by atoms with van der Waals surface area (Å²) in [5.41, 5.74) is 4.49. The van der Waals surface area contributed by atoms with Crippen LogP contribution in [-0.2, 0) is 34.5 Å². The van der Waals surface area contributed by atoms with Gasteiger partial charge in [-0.1, -0.05) is 66.7 Å². The molecule has 0 aliphatic heterocycles. The molecule has 4 rings (SSSR count). The minimum absolute atomic E-state index is 0.222. The molecule has 0 aliphatic rings. The van der Waals surface area contributed by atoms with Crippen LogP contribution in [0, 0.1) is 0 Å². The summed E-state index contributed by atoms with van der Waals surface area (Å²) in [5, 5.41) is 4.64. The SMILES string of the molecule is CO/C=C(/C(=O)OC)c1ccccc1COc1cc(-c2ccccc2OCc2ccccc2)nn1C. The summed E-state index contributed by atoms with van der Waals surface area (Å²) in [5.74, 6) is 0.830. The highest BCUT2D eigenvalue weighted by molar-refractivity contribution is 6.16. The van der Waals surface area contributed by atoms with Crippen LogP contribution in [0.1, 0.15) is 16.7 Å². The number of hydrogen-bond acceptors (Lipinski definition) is 6. The Hall–Kier alpha value is -4.52. The van der Waals surface area contributed by atoms with Crippen LogP contribution in [0.5, 0.6) is 11.6 Å². The van der Waals surface area contributed by atoms with Gasteiger partial charge in [0.25, 0.3) is 0 Å². The molecule has 36 heavy (non-hydrogen) atoms. The number of rotatable bonds is 10. The largest absolute Gasteiger partial charge is 0.503 e. The third kappa shape index (κ3) is 5.75. The van der Waals surface area contributed by atoms with Crippen molar-refractivity contribution in [3.05, 3.63) is 108 Å². The Labute approximate surface area is 210 Å². The van der Waals surface area contributed by atoms with Crippen LogP contribution in [-0.4, -0.2) is 30.0 Å². The Balaban J connectivity index is 1.54. The third-order valence-corrected chi connectivity index (χ3v) is 5.56. The molecule has 0 spiro atoms. The van der Waals surface area contributed by atoms with E-state index >= 15 is 0 Å². The van der Waals surface area contributed by atoms with Crippen LogP contribution >= 0.6 is 0 Å². The van der Waals surface area contributed by atoms with Gasteiger partial charge < -0.3 is 18.9 Å². The molecule has 0 unspecified atom stereocenters. The van der Waals surface area contributed by atoms with Crippen molar-refractivity contribution >= 4 is 11.5 Å². The van der Waals surface area contributed by atoms with Gasteiger partial charge in [-0.2, -0.15) is 5.10 Å². The molecule has 1 heterocycles. The molecule has 0 saturated carbocycles. The number of benzene rings is 3. The first-order valence-electron chi connectivity index (χ1n) is 11.4. The number of methoxy groups -OCH3 is 2. The number of ether oxygens (including phenoxy) is 4. The van der Waals surface area contributed by atoms with E-state index in [9.17, 15) is 4.79 Å². The molecule has 1 aromatic heterocycles. The van der Waals surface area contributed by atoms with E-state index in [1.165, 1.54) is 20.5 Å². The van der Waals surface area contributed by atoms with Gasteiger partial charge in [-0.25, -0.2) is 9.48 Å². The summed E-state index contributed by atoms with van der Waals surface area (Å²) in [7, 11) is 4.65. The van der Waals surface area contributed by atoms with Crippen LogP contribution in [0.4, 0.5) is 0 Å². The van der Waals surface area contributed by atoms with E-state index in [0.29, 0.717) is 23.6 Å². The predicted octanol–water partition coefficient (Wildman–Crippen LogP) is 5.41. The zero-order chi connectivity index (χ0) is 25.3. The molecular weight excluding hydrogens is 456 g/mol. The zero-order valence-corrected chi connectivity index (χ0v) is 20.5.